The Kier molecular flexibility index (Phi) is 6.20. The van der Waals surface area contributed by atoms with E-state index in [9.17, 15) is 16.8 Å². The third kappa shape index (κ3) is 5.11. The van der Waals surface area contributed by atoms with Gasteiger partial charge in [0.2, 0.25) is 10.0 Å². The largest absolute Gasteiger partial charge is 0.486 e. The molecule has 2 aromatic rings. The van der Waals surface area contributed by atoms with Crippen LogP contribution in [0.5, 0.6) is 11.5 Å². The number of ether oxygens (including phenoxy) is 2. The summed E-state index contributed by atoms with van der Waals surface area (Å²) in [5, 5.41) is 8.30. The van der Waals surface area contributed by atoms with E-state index >= 15 is 0 Å². The Morgan fingerprint density at radius 1 is 0.931 bits per heavy atom. The molecule has 0 fully saturated rings. The Morgan fingerprint density at radius 3 is 2.31 bits per heavy atom. The molecule has 9 nitrogen and oxygen atoms in total. The third-order valence-corrected chi connectivity index (χ3v) is 6.51. The highest BCUT2D eigenvalue weighted by Crippen LogP contribution is 2.34. The van der Waals surface area contributed by atoms with Gasteiger partial charge in [0.05, 0.1) is 21.2 Å². The minimum Gasteiger partial charge on any atom is -0.486 e. The van der Waals surface area contributed by atoms with E-state index in [0.29, 0.717) is 36.9 Å². The summed E-state index contributed by atoms with van der Waals surface area (Å²) in [5.74, 6) is 0.798. The van der Waals surface area contributed by atoms with Crippen LogP contribution in [0.1, 0.15) is 19.8 Å². The number of hydrogen-bond donors (Lipinski definition) is 3. The molecule has 1 aliphatic heterocycles. The van der Waals surface area contributed by atoms with Crippen molar-refractivity contribution in [2.24, 2.45) is 5.14 Å². The number of primary sulfonamides is 1. The van der Waals surface area contributed by atoms with E-state index < -0.39 is 20.0 Å². The van der Waals surface area contributed by atoms with Crippen molar-refractivity contribution in [3.63, 3.8) is 0 Å². The lowest BCUT2D eigenvalue weighted by Crippen LogP contribution is -2.18. The van der Waals surface area contributed by atoms with Crippen LogP contribution in [-0.4, -0.2) is 36.6 Å². The van der Waals surface area contributed by atoms with E-state index in [0.717, 1.165) is 12.8 Å². The fourth-order valence-corrected chi connectivity index (χ4v) is 4.36. The fourth-order valence-electron chi connectivity index (χ4n) is 2.73. The molecule has 2 aromatic carbocycles. The lowest BCUT2D eigenvalue weighted by Gasteiger charge is -2.19. The lowest BCUT2D eigenvalue weighted by molar-refractivity contribution is 0.171. The fraction of sp³-hybridized carbons (Fsp3) is 0.333. The first-order valence-electron chi connectivity index (χ1n) is 9.04. The average Bonchev–Trinajstić information content (AvgIpc) is 2.68. The van der Waals surface area contributed by atoms with Crippen LogP contribution in [0, 0.1) is 0 Å². The molecule has 1 aliphatic rings. The summed E-state index contributed by atoms with van der Waals surface area (Å²) >= 11 is 0. The normalized spacial score (nSPS) is 13.7. The maximum atomic E-state index is 12.9. The SMILES string of the molecule is CCCCNc1ccc(S(N)(=O)=O)cc1NS(=O)(=O)c1ccc2c(c1)OCCO2. The van der Waals surface area contributed by atoms with Gasteiger partial charge in [-0.3, -0.25) is 4.72 Å². The standard InChI is InChI=1S/C18H23N3O6S2/c1-2-3-8-20-15-6-4-13(28(19,22)23)11-16(15)21-29(24,25)14-5-7-17-18(12-14)27-10-9-26-17/h4-7,11-12,20-21H,2-3,8-10H2,1H3,(H2,19,22,23). The first-order chi connectivity index (χ1) is 13.7. The Hall–Kier alpha value is -2.50. The molecule has 0 saturated heterocycles. The molecular weight excluding hydrogens is 418 g/mol. The topological polar surface area (TPSA) is 137 Å². The number of nitrogens with two attached hydrogens (primary N) is 1. The zero-order valence-electron chi connectivity index (χ0n) is 15.8. The smallest absolute Gasteiger partial charge is 0.262 e. The highest BCUT2D eigenvalue weighted by Gasteiger charge is 2.21. The Labute approximate surface area is 170 Å². The molecule has 0 radical (unpaired) electrons. The van der Waals surface area contributed by atoms with Gasteiger partial charge in [0.25, 0.3) is 10.0 Å². The Morgan fingerprint density at radius 2 is 1.62 bits per heavy atom. The second kappa shape index (κ2) is 8.47. The third-order valence-electron chi connectivity index (χ3n) is 4.23. The molecule has 0 atom stereocenters. The van der Waals surface area contributed by atoms with Crippen molar-refractivity contribution in [3.05, 3.63) is 36.4 Å². The van der Waals surface area contributed by atoms with Gasteiger partial charge in [0.1, 0.15) is 13.2 Å². The van der Waals surface area contributed by atoms with Crippen molar-refractivity contribution in [1.82, 2.24) is 0 Å². The zero-order chi connectivity index (χ0) is 21.1. The number of hydrogen-bond acceptors (Lipinski definition) is 7. The molecule has 4 N–H and O–H groups in total. The molecule has 0 spiro atoms. The van der Waals surface area contributed by atoms with E-state index in [1.54, 1.807) is 0 Å². The molecule has 0 bridgehead atoms. The first-order valence-corrected chi connectivity index (χ1v) is 12.1. The van der Waals surface area contributed by atoms with E-state index in [-0.39, 0.29) is 15.5 Å². The van der Waals surface area contributed by atoms with E-state index in [4.69, 9.17) is 14.6 Å². The van der Waals surface area contributed by atoms with Crippen LogP contribution in [0.25, 0.3) is 0 Å². The van der Waals surface area contributed by atoms with Crippen LogP contribution < -0.4 is 24.7 Å². The van der Waals surface area contributed by atoms with Crippen LogP contribution in [0.3, 0.4) is 0 Å². The van der Waals surface area contributed by atoms with Crippen molar-refractivity contribution in [1.29, 1.82) is 0 Å². The molecule has 0 aromatic heterocycles. The molecule has 158 valence electrons. The van der Waals surface area contributed by atoms with Crippen molar-refractivity contribution >= 4 is 31.4 Å². The minimum absolute atomic E-state index is 0.0396. The van der Waals surface area contributed by atoms with Crippen LogP contribution >= 0.6 is 0 Å². The Balaban J connectivity index is 1.95. The predicted molar refractivity (Wildman–Crippen MR) is 109 cm³/mol. The van der Waals surface area contributed by atoms with Gasteiger partial charge in [-0.25, -0.2) is 22.0 Å². The second-order valence-electron chi connectivity index (χ2n) is 6.44. The molecule has 1 heterocycles. The number of fused-ring (bicyclic) bond motifs is 1. The summed E-state index contributed by atoms with van der Waals surface area (Å²) < 4.78 is 62.5. The van der Waals surface area contributed by atoms with Gasteiger partial charge in [0.15, 0.2) is 11.5 Å². The molecule has 0 saturated carbocycles. The van der Waals surface area contributed by atoms with E-state index in [1.807, 2.05) is 6.92 Å². The molecule has 0 unspecified atom stereocenters. The van der Waals surface area contributed by atoms with Crippen LogP contribution in [-0.2, 0) is 20.0 Å². The van der Waals surface area contributed by atoms with E-state index in [2.05, 4.69) is 10.0 Å². The summed E-state index contributed by atoms with van der Waals surface area (Å²) in [6.45, 7) is 3.34. The summed E-state index contributed by atoms with van der Waals surface area (Å²) in [5.41, 5.74) is 0.537. The molecule has 11 heteroatoms. The summed E-state index contributed by atoms with van der Waals surface area (Å²) in [6.07, 6.45) is 1.81. The van der Waals surface area contributed by atoms with Gasteiger partial charge in [-0.1, -0.05) is 13.3 Å². The molecule has 0 amide bonds. The van der Waals surface area contributed by atoms with Crippen molar-refractivity contribution in [2.45, 2.75) is 29.6 Å². The van der Waals surface area contributed by atoms with Gasteiger partial charge in [-0.05, 0) is 36.8 Å². The summed E-state index contributed by atoms with van der Waals surface area (Å²) in [4.78, 5) is -0.235. The van der Waals surface area contributed by atoms with Gasteiger partial charge >= 0.3 is 0 Å². The minimum atomic E-state index is -4.02. The van der Waals surface area contributed by atoms with E-state index in [1.165, 1.54) is 36.4 Å². The highest BCUT2D eigenvalue weighted by molar-refractivity contribution is 7.92. The quantitative estimate of drug-likeness (QED) is 0.534. The number of unbranched alkanes of at least 4 members (excludes halogenated alkanes) is 1. The highest BCUT2D eigenvalue weighted by atomic mass is 32.2. The number of benzene rings is 2. The number of rotatable bonds is 8. The van der Waals surface area contributed by atoms with Gasteiger partial charge in [-0.2, -0.15) is 0 Å². The van der Waals surface area contributed by atoms with Gasteiger partial charge < -0.3 is 14.8 Å². The van der Waals surface area contributed by atoms with Crippen LogP contribution in [0.15, 0.2) is 46.2 Å². The summed E-state index contributed by atoms with van der Waals surface area (Å²) in [6, 6.07) is 8.28. The van der Waals surface area contributed by atoms with Gasteiger partial charge in [0, 0.05) is 12.6 Å². The van der Waals surface area contributed by atoms with Crippen molar-refractivity contribution in [3.8, 4) is 11.5 Å². The average molecular weight is 442 g/mol. The second-order valence-corrected chi connectivity index (χ2v) is 9.69. The van der Waals surface area contributed by atoms with Crippen molar-refractivity contribution in [2.75, 3.05) is 29.8 Å². The van der Waals surface area contributed by atoms with Crippen LogP contribution in [0.4, 0.5) is 11.4 Å². The molecular formula is C18H23N3O6S2. The first kappa shape index (κ1) is 21.2. The predicted octanol–water partition coefficient (Wildman–Crippen LogP) is 2.12. The summed E-state index contributed by atoms with van der Waals surface area (Å²) in [7, 11) is -8.02. The maximum Gasteiger partial charge on any atom is 0.262 e. The lowest BCUT2D eigenvalue weighted by atomic mass is 10.2. The number of anilines is 2. The molecule has 3 rings (SSSR count). The number of sulfonamides is 2. The van der Waals surface area contributed by atoms with Crippen molar-refractivity contribution < 1.29 is 26.3 Å². The molecule has 29 heavy (non-hydrogen) atoms. The zero-order valence-corrected chi connectivity index (χ0v) is 17.5. The Bertz CT molecular complexity index is 1100. The number of nitrogens with one attached hydrogen (secondary N) is 2. The van der Waals surface area contributed by atoms with Crippen LogP contribution in [0.2, 0.25) is 0 Å². The maximum absolute atomic E-state index is 12.9. The van der Waals surface area contributed by atoms with Gasteiger partial charge in [-0.15, -0.1) is 0 Å². The monoisotopic (exact) mass is 441 g/mol. The molecule has 0 aliphatic carbocycles.